The molecule has 7 nitrogen and oxygen atoms in total. The van der Waals surface area contributed by atoms with Crippen molar-refractivity contribution < 1.29 is 32.6 Å². The number of amides is 1. The molecule has 0 bridgehead atoms. The molecule has 2 N–H and O–H groups in total. The Morgan fingerprint density at radius 3 is 2.27 bits per heavy atom. The molecule has 5 rings (SSSR count). The van der Waals surface area contributed by atoms with Gasteiger partial charge in [-0.05, 0) is 71.5 Å². The molecule has 0 aliphatic heterocycles. The molecule has 0 fully saturated rings. The van der Waals surface area contributed by atoms with Crippen LogP contribution in [0.2, 0.25) is 0 Å². The number of carboxylic acid groups (broad SMARTS) is 1. The second-order valence-corrected chi connectivity index (χ2v) is 10.6. The Balaban J connectivity index is 1.35. The van der Waals surface area contributed by atoms with E-state index in [0.29, 0.717) is 12.1 Å². The van der Waals surface area contributed by atoms with Crippen molar-refractivity contribution in [1.29, 1.82) is 0 Å². The minimum absolute atomic E-state index is 0.0520. The number of fused-ring (bicyclic) bond motifs is 1. The maximum atomic E-state index is 12.5. The van der Waals surface area contributed by atoms with E-state index in [9.17, 15) is 22.8 Å². The van der Waals surface area contributed by atoms with Crippen molar-refractivity contribution in [1.82, 2.24) is 10.3 Å². The number of alkyl halides is 3. The van der Waals surface area contributed by atoms with Crippen LogP contribution in [0.15, 0.2) is 79.0 Å². The van der Waals surface area contributed by atoms with Crippen molar-refractivity contribution in [3.63, 3.8) is 0 Å². The van der Waals surface area contributed by atoms with Crippen molar-refractivity contribution in [3.8, 4) is 16.2 Å². The zero-order valence-electron chi connectivity index (χ0n) is 21.7. The second-order valence-electron chi connectivity index (χ2n) is 9.63. The van der Waals surface area contributed by atoms with Crippen LogP contribution in [-0.4, -0.2) is 40.9 Å². The molecular weight excluding hydrogens is 555 g/mol. The number of thiazole rings is 1. The van der Waals surface area contributed by atoms with E-state index in [1.54, 1.807) is 30.5 Å². The lowest BCUT2D eigenvalue weighted by molar-refractivity contribution is -0.274. The number of carbonyl (C=O) groups excluding carboxylic acids is 1. The zero-order chi connectivity index (χ0) is 29.0. The maximum absolute atomic E-state index is 12.5. The summed E-state index contributed by atoms with van der Waals surface area (Å²) < 4.78 is 41.6. The average molecular weight is 582 g/mol. The molecule has 41 heavy (non-hydrogen) atoms. The molecule has 4 aromatic rings. The van der Waals surface area contributed by atoms with E-state index in [1.807, 2.05) is 24.3 Å². The Bertz CT molecular complexity index is 1500. The van der Waals surface area contributed by atoms with Gasteiger partial charge in [0.05, 0.1) is 11.3 Å². The quantitative estimate of drug-likeness (QED) is 0.236. The Morgan fingerprint density at radius 1 is 1.00 bits per heavy atom. The Morgan fingerprint density at radius 2 is 1.66 bits per heavy atom. The molecular formula is C30H26F3N3O4S. The molecule has 1 aliphatic rings. The Labute approximate surface area is 238 Å². The highest BCUT2D eigenvalue weighted by Gasteiger charge is 2.31. The molecule has 0 radical (unpaired) electrons. The van der Waals surface area contributed by atoms with Gasteiger partial charge >= 0.3 is 12.3 Å². The summed E-state index contributed by atoms with van der Waals surface area (Å²) in [6.07, 6.45) is -1.48. The van der Waals surface area contributed by atoms with E-state index in [-0.39, 0.29) is 30.7 Å². The van der Waals surface area contributed by atoms with Crippen molar-refractivity contribution in [2.45, 2.75) is 38.2 Å². The number of hydrogen-bond acceptors (Lipinski definition) is 6. The third-order valence-electron chi connectivity index (χ3n) is 6.78. The summed E-state index contributed by atoms with van der Waals surface area (Å²) in [5, 5.41) is 12.2. The van der Waals surface area contributed by atoms with Gasteiger partial charge in [0.1, 0.15) is 5.75 Å². The van der Waals surface area contributed by atoms with E-state index < -0.39 is 12.3 Å². The minimum Gasteiger partial charge on any atom is -0.481 e. The predicted molar refractivity (Wildman–Crippen MR) is 149 cm³/mol. The van der Waals surface area contributed by atoms with Gasteiger partial charge in [-0.25, -0.2) is 4.98 Å². The van der Waals surface area contributed by atoms with E-state index in [2.05, 4.69) is 27.1 Å². The summed E-state index contributed by atoms with van der Waals surface area (Å²) in [6, 6.07) is 21.3. The van der Waals surface area contributed by atoms with E-state index in [0.717, 1.165) is 34.0 Å². The second kappa shape index (κ2) is 12.0. The summed E-state index contributed by atoms with van der Waals surface area (Å²) in [4.78, 5) is 30.8. The molecule has 0 saturated heterocycles. The fourth-order valence-electron chi connectivity index (χ4n) is 4.80. The highest BCUT2D eigenvalue weighted by molar-refractivity contribution is 7.18. The molecule has 1 amide bonds. The molecule has 212 valence electrons. The highest BCUT2D eigenvalue weighted by Crippen LogP contribution is 2.37. The average Bonchev–Trinajstić information content (AvgIpc) is 3.59. The summed E-state index contributed by atoms with van der Waals surface area (Å²) in [5.74, 6) is -1.60. The number of aromatic nitrogens is 1. The number of halogens is 3. The van der Waals surface area contributed by atoms with Crippen molar-refractivity contribution in [2.75, 3.05) is 11.4 Å². The largest absolute Gasteiger partial charge is 0.573 e. The van der Waals surface area contributed by atoms with Crippen LogP contribution in [0.3, 0.4) is 0 Å². The third-order valence-corrected chi connectivity index (χ3v) is 7.86. The number of benzene rings is 3. The molecule has 1 aromatic heterocycles. The SMILES string of the molecule is O=C(O)CCNC(=O)c1ccc(CN(c2ncc(-c3ccc(OC(F)(F)F)cc3)s2)C2Cc3ccccc3C2)cc1. The van der Waals surface area contributed by atoms with Gasteiger partial charge in [-0.1, -0.05) is 47.7 Å². The van der Waals surface area contributed by atoms with Crippen molar-refractivity contribution in [3.05, 3.63) is 101 Å². The lowest BCUT2D eigenvalue weighted by Crippen LogP contribution is -2.35. The number of nitrogens with one attached hydrogen (secondary N) is 1. The van der Waals surface area contributed by atoms with Crippen LogP contribution in [-0.2, 0) is 24.2 Å². The summed E-state index contributed by atoms with van der Waals surface area (Å²) in [7, 11) is 0. The summed E-state index contributed by atoms with van der Waals surface area (Å²) in [6.45, 7) is 0.585. The fraction of sp³-hybridized carbons (Fsp3) is 0.233. The molecule has 0 unspecified atom stereocenters. The standard InChI is InChI=1S/C30H26F3N3O4S/c31-30(32,33)40-25-11-9-20(10-12-25)26-17-35-29(41-26)36(24-15-22-3-1-2-4-23(22)16-24)18-19-5-7-21(8-6-19)28(39)34-14-13-27(37)38/h1-12,17,24H,13-16,18H2,(H,34,39)(H,37,38). The summed E-state index contributed by atoms with van der Waals surface area (Å²) in [5.41, 5.74) is 4.71. The molecule has 1 heterocycles. The van der Waals surface area contributed by atoms with Gasteiger partial charge in [-0.3, -0.25) is 9.59 Å². The molecule has 0 atom stereocenters. The number of ether oxygens (including phenoxy) is 1. The monoisotopic (exact) mass is 581 g/mol. The van der Waals surface area contributed by atoms with E-state index >= 15 is 0 Å². The predicted octanol–water partition coefficient (Wildman–Crippen LogP) is 6.09. The lowest BCUT2D eigenvalue weighted by Gasteiger charge is -2.29. The maximum Gasteiger partial charge on any atom is 0.573 e. The summed E-state index contributed by atoms with van der Waals surface area (Å²) >= 11 is 1.46. The topological polar surface area (TPSA) is 91.8 Å². The first-order chi connectivity index (χ1) is 19.6. The van der Waals surface area contributed by atoms with Gasteiger partial charge in [-0.2, -0.15) is 0 Å². The van der Waals surface area contributed by atoms with Crippen LogP contribution in [0.4, 0.5) is 18.3 Å². The van der Waals surface area contributed by atoms with Crippen LogP contribution in [0.5, 0.6) is 5.75 Å². The smallest absolute Gasteiger partial charge is 0.481 e. The van der Waals surface area contributed by atoms with Gasteiger partial charge in [-0.15, -0.1) is 13.2 Å². The van der Waals surface area contributed by atoms with E-state index in [4.69, 9.17) is 10.1 Å². The van der Waals surface area contributed by atoms with Gasteiger partial charge < -0.3 is 20.1 Å². The Kier molecular flexibility index (Phi) is 8.25. The number of hydrogen-bond donors (Lipinski definition) is 2. The van der Waals surface area contributed by atoms with Crippen molar-refractivity contribution in [2.24, 2.45) is 0 Å². The van der Waals surface area contributed by atoms with Crippen LogP contribution < -0.4 is 15.0 Å². The normalized spacial score (nSPS) is 13.0. The minimum atomic E-state index is -4.75. The third kappa shape index (κ3) is 7.23. The number of carboxylic acids is 1. The zero-order valence-corrected chi connectivity index (χ0v) is 22.5. The van der Waals surface area contributed by atoms with Crippen LogP contribution in [0, 0.1) is 0 Å². The first-order valence-corrected chi connectivity index (χ1v) is 13.7. The van der Waals surface area contributed by atoms with Crippen LogP contribution in [0.1, 0.15) is 33.5 Å². The number of anilines is 1. The molecule has 1 aliphatic carbocycles. The number of nitrogens with zero attached hydrogens (tertiary/aromatic N) is 2. The highest BCUT2D eigenvalue weighted by atomic mass is 32.1. The molecule has 0 saturated carbocycles. The van der Waals surface area contributed by atoms with Gasteiger partial charge in [0, 0.05) is 30.9 Å². The molecule has 11 heteroatoms. The molecule has 3 aromatic carbocycles. The van der Waals surface area contributed by atoms with Crippen LogP contribution in [0.25, 0.3) is 10.4 Å². The van der Waals surface area contributed by atoms with Gasteiger partial charge in [0.15, 0.2) is 5.13 Å². The number of rotatable bonds is 10. The number of aliphatic carboxylic acids is 1. The van der Waals surface area contributed by atoms with Gasteiger partial charge in [0.2, 0.25) is 0 Å². The first kappa shape index (κ1) is 28.2. The van der Waals surface area contributed by atoms with E-state index in [1.165, 1.54) is 34.6 Å². The van der Waals surface area contributed by atoms with Crippen molar-refractivity contribution >= 4 is 28.3 Å². The number of carbonyl (C=O) groups is 2. The first-order valence-electron chi connectivity index (χ1n) is 12.9. The fourth-order valence-corrected chi connectivity index (χ4v) is 5.80. The Hall–Kier alpha value is -4.38. The lowest BCUT2D eigenvalue weighted by atomic mass is 10.1. The molecule has 0 spiro atoms. The van der Waals surface area contributed by atoms with Gasteiger partial charge in [0.25, 0.3) is 5.91 Å². The van der Waals surface area contributed by atoms with Crippen LogP contribution >= 0.6 is 11.3 Å².